The van der Waals surface area contributed by atoms with E-state index in [0.717, 1.165) is 82.0 Å². The van der Waals surface area contributed by atoms with Gasteiger partial charge in [-0.05, 0) is 179 Å². The van der Waals surface area contributed by atoms with Gasteiger partial charge in [-0.2, -0.15) is 0 Å². The lowest BCUT2D eigenvalue weighted by atomic mass is 9.47. The molecule has 294 valence electrons. The van der Waals surface area contributed by atoms with E-state index in [0.29, 0.717) is 35.7 Å². The molecule has 1 aromatic carbocycles. The lowest BCUT2D eigenvalue weighted by Gasteiger charge is -2.58. The minimum atomic E-state index is -0.914. The van der Waals surface area contributed by atoms with Crippen LogP contribution < -0.4 is 4.90 Å². The number of benzene rings is 1. The number of aliphatic hydroxyl groups is 1. The molecule has 0 saturated heterocycles. The first-order chi connectivity index (χ1) is 26.1. The van der Waals surface area contributed by atoms with Crippen molar-refractivity contribution in [2.45, 2.75) is 142 Å². The maximum absolute atomic E-state index is 12.2. The lowest BCUT2D eigenvalue weighted by Crippen LogP contribution is -2.51. The summed E-state index contributed by atoms with van der Waals surface area (Å²) in [5.41, 5.74) is 7.66. The van der Waals surface area contributed by atoms with E-state index < -0.39 is 5.60 Å². The number of nitrogens with zero attached hydrogens (tertiary/aromatic N) is 1. The zero-order valence-corrected chi connectivity index (χ0v) is 34.7. The van der Waals surface area contributed by atoms with Crippen molar-refractivity contribution in [2.75, 3.05) is 19.0 Å². The summed E-state index contributed by atoms with van der Waals surface area (Å²) < 4.78 is 0. The largest absolute Gasteiger partial charge is 0.378 e. The number of carbonyl (C=O) groups excluding carboxylic acids is 3. The van der Waals surface area contributed by atoms with Gasteiger partial charge >= 0.3 is 0 Å². The van der Waals surface area contributed by atoms with Crippen molar-refractivity contribution in [1.29, 1.82) is 0 Å². The molecule has 0 heterocycles. The van der Waals surface area contributed by atoms with Crippen LogP contribution in [0.25, 0.3) is 0 Å². The van der Waals surface area contributed by atoms with Crippen molar-refractivity contribution in [3.63, 3.8) is 0 Å². The summed E-state index contributed by atoms with van der Waals surface area (Å²) in [7, 11) is 4.14. The quantitative estimate of drug-likeness (QED) is 0.312. The van der Waals surface area contributed by atoms with Crippen LogP contribution in [0.3, 0.4) is 0 Å². The summed E-state index contributed by atoms with van der Waals surface area (Å²) in [6.45, 7) is 10.8. The van der Waals surface area contributed by atoms with Gasteiger partial charge in [0.05, 0.1) is 0 Å². The first kappa shape index (κ1) is 38.6. The fraction of sp³-hybridized carbons (Fsp3) is 0.660. The third-order valence-electron chi connectivity index (χ3n) is 17.5. The fourth-order valence-corrected chi connectivity index (χ4v) is 14.6. The standard InChI is InChI=1S/C29H35NO2.C21H30O2/c1-5-15-29(32)16-14-26-24-12-8-20-17-22(31)11-13-23(20)27(24)25(18-28(26,29)2)19-6-9-21(10-7-19)30(3)4;1-13(22)17-6-7-18-16-5-4-14-12-15(23)8-10-20(14,2)19(16)9-11-21(17,18)3/h6-7,9-10,17,24-26,32H,8,11-14,16,18H2,1-4H3;12,16-19H,4-11H2,1-3H3/t24-,25+,26-,28-,29-;16-,17+,18-,19-,20-,21+/m00/s1. The first-order valence-corrected chi connectivity index (χ1v) is 21.8. The Labute approximate surface area is 330 Å². The topological polar surface area (TPSA) is 74.7 Å². The molecule has 0 aliphatic heterocycles. The Bertz CT molecular complexity index is 1920. The minimum Gasteiger partial charge on any atom is -0.378 e. The summed E-state index contributed by atoms with van der Waals surface area (Å²) >= 11 is 0. The van der Waals surface area contributed by atoms with Gasteiger partial charge in [0.1, 0.15) is 11.4 Å². The second-order valence-electron chi connectivity index (χ2n) is 20.0. The second kappa shape index (κ2) is 14.0. The van der Waals surface area contributed by atoms with Gasteiger partial charge in [-0.3, -0.25) is 14.4 Å². The molecule has 5 fully saturated rings. The molecular weight excluding hydrogens is 679 g/mol. The second-order valence-corrected chi connectivity index (χ2v) is 20.0. The summed E-state index contributed by atoms with van der Waals surface area (Å²) in [5, 5.41) is 11.7. The van der Waals surface area contributed by atoms with Crippen LogP contribution in [-0.4, -0.2) is 42.2 Å². The van der Waals surface area contributed by atoms with Crippen LogP contribution in [0.4, 0.5) is 5.69 Å². The highest BCUT2D eigenvalue weighted by Crippen LogP contribution is 2.68. The number of rotatable bonds is 3. The van der Waals surface area contributed by atoms with E-state index in [1.54, 1.807) is 12.5 Å². The SMILES string of the molecule is CC#C[C@]1(O)CC[C@H]2[C@@H]3CCC4=CC(=O)CCC4=C3[C@@H](c3ccc(N(C)C)cc3)C[C@@]21C.CC(=O)[C@H]1CC[C@H]2[C@@H]3CCC4=CC(=O)CC[C@]4(C)[C@H]3CC[C@]12C. The van der Waals surface area contributed by atoms with Crippen molar-refractivity contribution in [1.82, 2.24) is 0 Å². The number of Topliss-reactive ketones (excluding diaryl/α,β-unsaturated/α-hetero) is 1. The number of ketones is 3. The number of hydrogen-bond donors (Lipinski definition) is 1. The Morgan fingerprint density at radius 3 is 2.24 bits per heavy atom. The highest BCUT2D eigenvalue weighted by Gasteiger charge is 2.63. The third kappa shape index (κ3) is 6.09. The molecule has 0 aromatic heterocycles. The van der Waals surface area contributed by atoms with Crippen LogP contribution in [0.1, 0.15) is 142 Å². The molecule has 5 nitrogen and oxygen atoms in total. The van der Waals surface area contributed by atoms with Crippen LogP contribution in [0.5, 0.6) is 0 Å². The smallest absolute Gasteiger partial charge is 0.156 e. The average Bonchev–Trinajstić information content (AvgIpc) is 3.65. The summed E-state index contributed by atoms with van der Waals surface area (Å²) in [6, 6.07) is 8.97. The monoisotopic (exact) mass is 743 g/mol. The van der Waals surface area contributed by atoms with Gasteiger partial charge in [0.15, 0.2) is 11.6 Å². The number of carbonyl (C=O) groups is 3. The molecule has 0 amide bonds. The van der Waals surface area contributed by atoms with Gasteiger partial charge in [0, 0.05) is 49.9 Å². The van der Waals surface area contributed by atoms with E-state index in [2.05, 4.69) is 75.9 Å². The molecule has 0 radical (unpaired) electrons. The Balaban J connectivity index is 0.000000164. The molecule has 0 unspecified atom stereocenters. The van der Waals surface area contributed by atoms with Gasteiger partial charge in [0.2, 0.25) is 0 Å². The molecule has 5 heteroatoms. The van der Waals surface area contributed by atoms with Crippen LogP contribution in [0, 0.1) is 63.6 Å². The number of allylic oxidation sites excluding steroid dienone is 5. The summed E-state index contributed by atoms with van der Waals surface area (Å²) in [6.07, 6.45) is 19.2. The molecule has 8 aliphatic carbocycles. The first-order valence-electron chi connectivity index (χ1n) is 21.8. The van der Waals surface area contributed by atoms with Crippen molar-refractivity contribution in [2.24, 2.45) is 51.8 Å². The van der Waals surface area contributed by atoms with E-state index in [1.807, 2.05) is 19.1 Å². The predicted molar refractivity (Wildman–Crippen MR) is 220 cm³/mol. The normalized spacial score (nSPS) is 41.3. The maximum Gasteiger partial charge on any atom is 0.156 e. The van der Waals surface area contributed by atoms with E-state index in [1.165, 1.54) is 53.7 Å². The van der Waals surface area contributed by atoms with E-state index in [9.17, 15) is 19.5 Å². The Kier molecular flexibility index (Phi) is 9.84. The molecule has 5 saturated carbocycles. The third-order valence-corrected chi connectivity index (χ3v) is 17.5. The molecule has 55 heavy (non-hydrogen) atoms. The maximum atomic E-state index is 12.2. The number of hydrogen-bond acceptors (Lipinski definition) is 5. The van der Waals surface area contributed by atoms with Gasteiger partial charge in [-0.1, -0.05) is 50.0 Å². The lowest BCUT2D eigenvalue weighted by molar-refractivity contribution is -0.128. The van der Waals surface area contributed by atoms with Crippen molar-refractivity contribution in [3.05, 3.63) is 64.3 Å². The summed E-state index contributed by atoms with van der Waals surface area (Å²) in [5.74, 6) is 11.0. The minimum absolute atomic E-state index is 0.221. The van der Waals surface area contributed by atoms with Gasteiger partial charge in [0.25, 0.3) is 0 Å². The molecule has 11 atom stereocenters. The van der Waals surface area contributed by atoms with Crippen molar-refractivity contribution < 1.29 is 19.5 Å². The predicted octanol–water partition coefficient (Wildman–Crippen LogP) is 10.1. The zero-order chi connectivity index (χ0) is 39.1. The van der Waals surface area contributed by atoms with Gasteiger partial charge in [-0.15, -0.1) is 5.92 Å². The van der Waals surface area contributed by atoms with Gasteiger partial charge < -0.3 is 10.0 Å². The molecule has 1 aromatic rings. The van der Waals surface area contributed by atoms with Gasteiger partial charge in [-0.25, -0.2) is 0 Å². The Morgan fingerprint density at radius 1 is 0.800 bits per heavy atom. The van der Waals surface area contributed by atoms with Crippen LogP contribution >= 0.6 is 0 Å². The van der Waals surface area contributed by atoms with Crippen molar-refractivity contribution >= 4 is 23.0 Å². The van der Waals surface area contributed by atoms with E-state index in [-0.39, 0.29) is 27.9 Å². The molecule has 1 N–H and O–H groups in total. The van der Waals surface area contributed by atoms with E-state index in [4.69, 9.17) is 0 Å². The van der Waals surface area contributed by atoms with E-state index >= 15 is 0 Å². The Morgan fingerprint density at radius 2 is 1.53 bits per heavy atom. The average molecular weight is 744 g/mol. The summed E-state index contributed by atoms with van der Waals surface area (Å²) in [4.78, 5) is 38.3. The highest BCUT2D eigenvalue weighted by atomic mass is 16.3. The number of fused-ring (bicyclic) bond motifs is 9. The molecular formula is C50H65NO4. The Hall–Kier alpha value is -3.23. The number of anilines is 1. The molecule has 0 spiro atoms. The fourth-order valence-electron chi connectivity index (χ4n) is 14.6. The van der Waals surface area contributed by atoms with Crippen LogP contribution in [0.15, 0.2) is 58.7 Å². The molecule has 9 rings (SSSR count). The zero-order valence-electron chi connectivity index (χ0n) is 34.7. The highest BCUT2D eigenvalue weighted by molar-refractivity contribution is 5.93. The van der Waals surface area contributed by atoms with Crippen LogP contribution in [0.2, 0.25) is 0 Å². The van der Waals surface area contributed by atoms with Crippen LogP contribution in [-0.2, 0) is 14.4 Å². The molecule has 8 aliphatic rings. The molecule has 0 bridgehead atoms. The van der Waals surface area contributed by atoms with Crippen molar-refractivity contribution in [3.8, 4) is 11.8 Å².